The number of nitrogens with two attached hydrogens (primary N) is 1. The molecule has 3 N–H and O–H groups in total. The summed E-state index contributed by atoms with van der Waals surface area (Å²) in [5.74, 6) is 1.16. The maximum Gasteiger partial charge on any atom is 0.311 e. The molecule has 2 atom stereocenters. The summed E-state index contributed by atoms with van der Waals surface area (Å²) in [5.41, 5.74) is 5.42. The zero-order valence-electron chi connectivity index (χ0n) is 10.4. The van der Waals surface area contributed by atoms with Gasteiger partial charge in [0.25, 0.3) is 0 Å². The topological polar surface area (TPSA) is 103 Å². The number of hydrogen-bond donors (Lipinski definition) is 2. The quantitative estimate of drug-likeness (QED) is 0.631. The van der Waals surface area contributed by atoms with Crippen molar-refractivity contribution in [1.82, 2.24) is 4.98 Å². The number of anilines is 2. The zero-order valence-corrected chi connectivity index (χ0v) is 10.4. The highest BCUT2D eigenvalue weighted by Gasteiger charge is 2.40. The van der Waals surface area contributed by atoms with Gasteiger partial charge in [-0.1, -0.05) is 0 Å². The second-order valence-corrected chi connectivity index (χ2v) is 5.07. The molecular formula is C12H16N4O3. The third-order valence-corrected chi connectivity index (χ3v) is 3.65. The van der Waals surface area contributed by atoms with Crippen molar-refractivity contribution in [3.05, 3.63) is 22.2 Å². The Bertz CT molecular complexity index is 504. The summed E-state index contributed by atoms with van der Waals surface area (Å²) < 4.78 is 5.72. The average molecular weight is 264 g/mol. The molecule has 3 rings (SSSR count). The molecule has 1 aliphatic heterocycles. The van der Waals surface area contributed by atoms with Gasteiger partial charge in [0.1, 0.15) is 5.82 Å². The van der Waals surface area contributed by atoms with E-state index in [-0.39, 0.29) is 23.7 Å². The molecule has 1 aromatic rings. The molecule has 2 aliphatic rings. The lowest BCUT2D eigenvalue weighted by atomic mass is 10.1. The third kappa shape index (κ3) is 2.46. The summed E-state index contributed by atoms with van der Waals surface area (Å²) in [7, 11) is 0. The molecule has 2 unspecified atom stereocenters. The van der Waals surface area contributed by atoms with E-state index in [2.05, 4.69) is 10.3 Å². The molecule has 2 heterocycles. The molecule has 1 aromatic heterocycles. The standard InChI is InChI=1S/C12H16N4O3/c13-12-9(16(17)18)3-4-10(15-12)14-8-5-6-19-11(8)7-1-2-7/h3-4,7-8,11H,1-2,5-6H2,(H3,13,14,15). The Hall–Kier alpha value is -1.89. The highest BCUT2D eigenvalue weighted by Crippen LogP contribution is 2.39. The van der Waals surface area contributed by atoms with E-state index in [4.69, 9.17) is 10.5 Å². The van der Waals surface area contributed by atoms with Crippen LogP contribution in [0.3, 0.4) is 0 Å². The Morgan fingerprint density at radius 1 is 1.42 bits per heavy atom. The van der Waals surface area contributed by atoms with Gasteiger partial charge < -0.3 is 15.8 Å². The van der Waals surface area contributed by atoms with Crippen LogP contribution in [0.1, 0.15) is 19.3 Å². The molecule has 7 nitrogen and oxygen atoms in total. The van der Waals surface area contributed by atoms with Crippen molar-refractivity contribution in [3.63, 3.8) is 0 Å². The van der Waals surface area contributed by atoms with Gasteiger partial charge in [0, 0.05) is 12.7 Å². The van der Waals surface area contributed by atoms with Crippen LogP contribution in [0.5, 0.6) is 0 Å². The van der Waals surface area contributed by atoms with E-state index in [1.807, 2.05) is 0 Å². The van der Waals surface area contributed by atoms with E-state index in [1.54, 1.807) is 6.07 Å². The van der Waals surface area contributed by atoms with Gasteiger partial charge in [0.2, 0.25) is 5.82 Å². The van der Waals surface area contributed by atoms with Crippen molar-refractivity contribution in [3.8, 4) is 0 Å². The van der Waals surface area contributed by atoms with E-state index in [0.29, 0.717) is 11.7 Å². The van der Waals surface area contributed by atoms with E-state index >= 15 is 0 Å². The van der Waals surface area contributed by atoms with Crippen LogP contribution >= 0.6 is 0 Å². The summed E-state index contributed by atoms with van der Waals surface area (Å²) >= 11 is 0. The van der Waals surface area contributed by atoms with Gasteiger partial charge in [-0.25, -0.2) is 4.98 Å². The fourth-order valence-electron chi connectivity index (χ4n) is 2.55. The minimum Gasteiger partial charge on any atom is -0.378 e. The molecule has 2 fully saturated rings. The van der Waals surface area contributed by atoms with Crippen LogP contribution in [0.2, 0.25) is 0 Å². The molecule has 0 amide bonds. The van der Waals surface area contributed by atoms with Crippen LogP contribution in [0.4, 0.5) is 17.3 Å². The van der Waals surface area contributed by atoms with Gasteiger partial charge in [-0.3, -0.25) is 10.1 Å². The third-order valence-electron chi connectivity index (χ3n) is 3.65. The molecule has 0 spiro atoms. The molecule has 7 heteroatoms. The minimum absolute atomic E-state index is 0.0584. The minimum atomic E-state index is -0.530. The first-order chi connectivity index (χ1) is 9.15. The second kappa shape index (κ2) is 4.65. The summed E-state index contributed by atoms with van der Waals surface area (Å²) in [6.07, 6.45) is 3.61. The Morgan fingerprint density at radius 3 is 2.84 bits per heavy atom. The predicted molar refractivity (Wildman–Crippen MR) is 69.8 cm³/mol. The van der Waals surface area contributed by atoms with Crippen LogP contribution < -0.4 is 11.1 Å². The number of nitrogens with one attached hydrogen (secondary N) is 1. The summed E-state index contributed by atoms with van der Waals surface area (Å²) in [6.45, 7) is 0.751. The fraction of sp³-hybridized carbons (Fsp3) is 0.583. The summed E-state index contributed by atoms with van der Waals surface area (Å²) in [6, 6.07) is 3.20. The second-order valence-electron chi connectivity index (χ2n) is 5.07. The lowest BCUT2D eigenvalue weighted by molar-refractivity contribution is -0.384. The lowest BCUT2D eigenvalue weighted by Gasteiger charge is -2.20. The molecule has 0 bridgehead atoms. The van der Waals surface area contributed by atoms with Crippen LogP contribution in [0, 0.1) is 16.0 Å². The van der Waals surface area contributed by atoms with Crippen LogP contribution in [-0.2, 0) is 4.74 Å². The van der Waals surface area contributed by atoms with Gasteiger partial charge in [0.15, 0.2) is 0 Å². The number of aromatic nitrogens is 1. The predicted octanol–water partition coefficient (Wildman–Crippen LogP) is 1.55. The average Bonchev–Trinajstić information content (AvgIpc) is 3.10. The summed E-state index contributed by atoms with van der Waals surface area (Å²) in [5, 5.41) is 14.0. The van der Waals surface area contributed by atoms with Crippen LogP contribution in [0.15, 0.2) is 12.1 Å². The Labute approximate surface area is 110 Å². The number of nitrogens with zero attached hydrogens (tertiary/aromatic N) is 2. The van der Waals surface area contributed by atoms with Gasteiger partial charge in [-0.05, 0) is 31.2 Å². The number of rotatable bonds is 4. The normalized spacial score (nSPS) is 26.3. The number of nitro groups is 1. The Balaban J connectivity index is 1.72. The molecule has 0 aromatic carbocycles. The largest absolute Gasteiger partial charge is 0.378 e. The molecule has 102 valence electrons. The maximum absolute atomic E-state index is 10.7. The number of ether oxygens (including phenoxy) is 1. The fourth-order valence-corrected chi connectivity index (χ4v) is 2.55. The molecule has 1 aliphatic carbocycles. The molecule has 0 radical (unpaired) electrons. The van der Waals surface area contributed by atoms with E-state index < -0.39 is 4.92 Å². The highest BCUT2D eigenvalue weighted by atomic mass is 16.6. The molecule has 19 heavy (non-hydrogen) atoms. The zero-order chi connectivity index (χ0) is 13.4. The number of pyridine rings is 1. The van der Waals surface area contributed by atoms with Crippen molar-refractivity contribution >= 4 is 17.3 Å². The van der Waals surface area contributed by atoms with Gasteiger partial charge in [0.05, 0.1) is 17.1 Å². The molecule has 1 saturated heterocycles. The van der Waals surface area contributed by atoms with Crippen molar-refractivity contribution in [2.24, 2.45) is 5.92 Å². The monoisotopic (exact) mass is 264 g/mol. The van der Waals surface area contributed by atoms with Crippen molar-refractivity contribution in [2.45, 2.75) is 31.4 Å². The maximum atomic E-state index is 10.7. The van der Waals surface area contributed by atoms with Crippen molar-refractivity contribution in [2.75, 3.05) is 17.7 Å². The lowest BCUT2D eigenvalue weighted by Crippen LogP contribution is -2.31. The summed E-state index contributed by atoms with van der Waals surface area (Å²) in [4.78, 5) is 14.2. The molecular weight excluding hydrogens is 248 g/mol. The van der Waals surface area contributed by atoms with Gasteiger partial charge in [-0.2, -0.15) is 0 Å². The van der Waals surface area contributed by atoms with Crippen LogP contribution in [-0.4, -0.2) is 28.7 Å². The van der Waals surface area contributed by atoms with Gasteiger partial charge >= 0.3 is 5.69 Å². The Morgan fingerprint density at radius 2 is 2.21 bits per heavy atom. The highest BCUT2D eigenvalue weighted by molar-refractivity contribution is 5.57. The molecule has 1 saturated carbocycles. The van der Waals surface area contributed by atoms with Gasteiger partial charge in [-0.15, -0.1) is 0 Å². The van der Waals surface area contributed by atoms with E-state index in [1.165, 1.54) is 18.9 Å². The first-order valence-electron chi connectivity index (χ1n) is 6.44. The SMILES string of the molecule is Nc1nc(NC2CCOC2C2CC2)ccc1[N+](=O)[O-]. The number of nitrogen functional groups attached to an aromatic ring is 1. The van der Waals surface area contributed by atoms with E-state index in [9.17, 15) is 10.1 Å². The van der Waals surface area contributed by atoms with Crippen LogP contribution in [0.25, 0.3) is 0 Å². The number of hydrogen-bond acceptors (Lipinski definition) is 6. The van der Waals surface area contributed by atoms with E-state index in [0.717, 1.165) is 13.0 Å². The first-order valence-corrected chi connectivity index (χ1v) is 6.44. The Kier molecular flexibility index (Phi) is 2.98. The van der Waals surface area contributed by atoms with Crippen molar-refractivity contribution in [1.29, 1.82) is 0 Å². The first kappa shape index (κ1) is 12.2. The van der Waals surface area contributed by atoms with Crippen molar-refractivity contribution < 1.29 is 9.66 Å². The smallest absolute Gasteiger partial charge is 0.311 e.